The van der Waals surface area contributed by atoms with E-state index in [1.165, 1.54) is 0 Å². The van der Waals surface area contributed by atoms with Crippen LogP contribution >= 0.6 is 0 Å². The lowest BCUT2D eigenvalue weighted by atomic mass is 10.0. The van der Waals surface area contributed by atoms with Crippen molar-refractivity contribution in [2.45, 2.75) is 6.42 Å². The van der Waals surface area contributed by atoms with Gasteiger partial charge in [-0.15, -0.1) is 0 Å². The minimum absolute atomic E-state index is 0.108. The van der Waals surface area contributed by atoms with E-state index in [4.69, 9.17) is 0 Å². The van der Waals surface area contributed by atoms with Crippen molar-refractivity contribution in [3.63, 3.8) is 0 Å². The molecular weight excluding hydrogens is 138 g/mol. The van der Waals surface area contributed by atoms with Crippen LogP contribution in [-0.2, 0) is 11.2 Å². The normalized spacial score (nSPS) is 14.7. The van der Waals surface area contributed by atoms with Crippen molar-refractivity contribution in [1.82, 2.24) is 0 Å². The zero-order chi connectivity index (χ0) is 7.68. The molecule has 2 rings (SSSR count). The van der Waals surface area contributed by atoms with Gasteiger partial charge in [0, 0.05) is 5.56 Å². The van der Waals surface area contributed by atoms with Gasteiger partial charge in [-0.25, -0.2) is 4.99 Å². The fourth-order valence-electron chi connectivity index (χ4n) is 1.11. The molecule has 11 heavy (non-hydrogen) atoms. The number of hydrogen-bond donors (Lipinski definition) is 0. The molecule has 53 valence electrons. The molecule has 2 nitrogen and oxygen atoms in total. The lowest BCUT2D eigenvalue weighted by Gasteiger charge is -2.05. The summed E-state index contributed by atoms with van der Waals surface area (Å²) in [6, 6.07) is 7.66. The first-order valence-corrected chi connectivity index (χ1v) is 3.44. The first-order chi connectivity index (χ1) is 5.36. The van der Waals surface area contributed by atoms with Crippen LogP contribution in [0.4, 0.5) is 0 Å². The van der Waals surface area contributed by atoms with Gasteiger partial charge in [-0.3, -0.25) is 4.79 Å². The Kier molecular flexibility index (Phi) is 1.32. The number of hydrogen-bond acceptors (Lipinski definition) is 1. The third kappa shape index (κ3) is 1.07. The Labute approximate surface area is 64.6 Å². The molecular formula is C9H6NO. The second-order valence-electron chi connectivity index (χ2n) is 2.45. The highest BCUT2D eigenvalue weighted by atomic mass is 16.1. The minimum atomic E-state index is -0.108. The van der Waals surface area contributed by atoms with Crippen LogP contribution in [0.25, 0.3) is 0 Å². The first kappa shape index (κ1) is 6.28. The maximum atomic E-state index is 10.8. The van der Waals surface area contributed by atoms with E-state index in [9.17, 15) is 4.79 Å². The highest BCUT2D eigenvalue weighted by molar-refractivity contribution is 5.98. The molecule has 2 heteroatoms. The molecule has 1 aliphatic rings. The van der Waals surface area contributed by atoms with Crippen LogP contribution in [0.5, 0.6) is 0 Å². The summed E-state index contributed by atoms with van der Waals surface area (Å²) in [5.41, 5.74) is 1.96. The molecule has 1 aliphatic heterocycles. The second-order valence-corrected chi connectivity index (χ2v) is 2.45. The van der Waals surface area contributed by atoms with Gasteiger partial charge in [-0.1, -0.05) is 24.3 Å². The molecule has 0 saturated heterocycles. The molecule has 1 amide bonds. The molecule has 0 N–H and O–H groups in total. The van der Waals surface area contributed by atoms with Crippen molar-refractivity contribution in [2.75, 3.05) is 0 Å². The Hall–Kier alpha value is -1.44. The van der Waals surface area contributed by atoms with Gasteiger partial charge >= 0.3 is 0 Å². The summed E-state index contributed by atoms with van der Waals surface area (Å²) < 4.78 is 0. The predicted molar refractivity (Wildman–Crippen MR) is 41.7 cm³/mol. The molecule has 1 aromatic rings. The van der Waals surface area contributed by atoms with Gasteiger partial charge in [0.25, 0.3) is 5.91 Å². The van der Waals surface area contributed by atoms with E-state index in [0.717, 1.165) is 11.1 Å². The van der Waals surface area contributed by atoms with Crippen LogP contribution in [0.15, 0.2) is 29.3 Å². The average molecular weight is 144 g/mol. The quantitative estimate of drug-likeness (QED) is 0.535. The first-order valence-electron chi connectivity index (χ1n) is 3.44. The zero-order valence-corrected chi connectivity index (χ0v) is 5.87. The van der Waals surface area contributed by atoms with Crippen LogP contribution in [0.1, 0.15) is 11.1 Å². The fourth-order valence-corrected chi connectivity index (χ4v) is 1.11. The highest BCUT2D eigenvalue weighted by Gasteiger charge is 2.09. The molecule has 0 aromatic heterocycles. The Balaban J connectivity index is 2.54. The SMILES string of the molecule is O=C1Cc2ccccc2[C]=N1. The zero-order valence-electron chi connectivity index (χ0n) is 5.87. The second kappa shape index (κ2) is 2.31. The number of aliphatic imine (C=N–C) groups is 1. The fraction of sp³-hybridized carbons (Fsp3) is 0.111. The molecule has 0 atom stereocenters. The molecule has 0 aliphatic carbocycles. The lowest BCUT2D eigenvalue weighted by Crippen LogP contribution is -2.07. The van der Waals surface area contributed by atoms with Crippen molar-refractivity contribution in [1.29, 1.82) is 0 Å². The Morgan fingerprint density at radius 3 is 3.09 bits per heavy atom. The summed E-state index contributed by atoms with van der Waals surface area (Å²) in [4.78, 5) is 14.4. The van der Waals surface area contributed by atoms with Gasteiger partial charge in [-0.2, -0.15) is 0 Å². The van der Waals surface area contributed by atoms with Gasteiger partial charge in [0.15, 0.2) is 0 Å². The van der Waals surface area contributed by atoms with Gasteiger partial charge in [0.1, 0.15) is 6.21 Å². The van der Waals surface area contributed by atoms with Crippen molar-refractivity contribution < 1.29 is 4.79 Å². The summed E-state index contributed by atoms with van der Waals surface area (Å²) in [5.74, 6) is -0.108. The largest absolute Gasteiger partial charge is 0.272 e. The third-order valence-electron chi connectivity index (χ3n) is 1.66. The molecule has 1 aromatic carbocycles. The molecule has 0 saturated carbocycles. The number of benzene rings is 1. The molecule has 1 heterocycles. The third-order valence-corrected chi connectivity index (χ3v) is 1.66. The van der Waals surface area contributed by atoms with Crippen molar-refractivity contribution in [3.8, 4) is 0 Å². The van der Waals surface area contributed by atoms with E-state index >= 15 is 0 Å². The number of rotatable bonds is 0. The van der Waals surface area contributed by atoms with Gasteiger partial charge in [-0.05, 0) is 5.56 Å². The summed E-state index contributed by atoms with van der Waals surface area (Å²) >= 11 is 0. The maximum absolute atomic E-state index is 10.8. The van der Waals surface area contributed by atoms with E-state index in [0.29, 0.717) is 6.42 Å². The summed E-state index contributed by atoms with van der Waals surface area (Å²) in [5, 5.41) is 0. The Bertz CT molecular complexity index is 328. The summed E-state index contributed by atoms with van der Waals surface area (Å²) in [7, 11) is 0. The molecule has 0 spiro atoms. The topological polar surface area (TPSA) is 29.4 Å². The number of carbonyl (C=O) groups excluding carboxylic acids is 1. The van der Waals surface area contributed by atoms with Crippen molar-refractivity contribution in [2.24, 2.45) is 4.99 Å². The molecule has 0 unspecified atom stereocenters. The molecule has 1 radical (unpaired) electrons. The predicted octanol–water partition coefficient (Wildman–Crippen LogP) is 1.07. The van der Waals surface area contributed by atoms with Gasteiger partial charge in [0.2, 0.25) is 0 Å². The van der Waals surface area contributed by atoms with Crippen LogP contribution in [-0.4, -0.2) is 12.1 Å². The van der Waals surface area contributed by atoms with Gasteiger partial charge < -0.3 is 0 Å². The van der Waals surface area contributed by atoms with Crippen molar-refractivity contribution in [3.05, 3.63) is 35.4 Å². The van der Waals surface area contributed by atoms with E-state index < -0.39 is 0 Å². The average Bonchev–Trinajstić information content (AvgIpc) is 2.04. The van der Waals surface area contributed by atoms with E-state index in [2.05, 4.69) is 11.2 Å². The van der Waals surface area contributed by atoms with Crippen LogP contribution in [0, 0.1) is 0 Å². The van der Waals surface area contributed by atoms with Crippen molar-refractivity contribution >= 4 is 12.1 Å². The summed E-state index contributed by atoms with van der Waals surface area (Å²) in [6.07, 6.45) is 3.11. The van der Waals surface area contributed by atoms with E-state index in [1.807, 2.05) is 24.3 Å². The number of carbonyl (C=O) groups is 1. The maximum Gasteiger partial charge on any atom is 0.250 e. The standard InChI is InChI=1S/C9H6NO/c11-9-5-7-3-1-2-4-8(7)6-10-9/h1-4H,5H2. The smallest absolute Gasteiger partial charge is 0.250 e. The highest BCUT2D eigenvalue weighted by Crippen LogP contribution is 2.11. The molecule has 0 fully saturated rings. The number of amides is 1. The Morgan fingerprint density at radius 1 is 1.36 bits per heavy atom. The monoisotopic (exact) mass is 144 g/mol. The van der Waals surface area contributed by atoms with Crippen LogP contribution in [0.3, 0.4) is 0 Å². The molecule has 0 bridgehead atoms. The Morgan fingerprint density at radius 2 is 2.18 bits per heavy atom. The summed E-state index contributed by atoms with van der Waals surface area (Å²) in [6.45, 7) is 0. The van der Waals surface area contributed by atoms with Crippen LogP contribution in [0.2, 0.25) is 0 Å². The van der Waals surface area contributed by atoms with Crippen LogP contribution < -0.4 is 0 Å². The van der Waals surface area contributed by atoms with E-state index in [-0.39, 0.29) is 5.91 Å². The van der Waals surface area contributed by atoms with E-state index in [1.54, 1.807) is 0 Å². The van der Waals surface area contributed by atoms with Gasteiger partial charge in [0.05, 0.1) is 6.42 Å². The number of nitrogens with zero attached hydrogens (tertiary/aromatic N) is 1. The number of fused-ring (bicyclic) bond motifs is 1. The lowest BCUT2D eigenvalue weighted by molar-refractivity contribution is -0.117. The minimum Gasteiger partial charge on any atom is -0.272 e.